The quantitative estimate of drug-likeness (QED) is 0.769. The fourth-order valence-corrected chi connectivity index (χ4v) is 2.61. The van der Waals surface area contributed by atoms with E-state index in [1.807, 2.05) is 0 Å². The van der Waals surface area contributed by atoms with Crippen LogP contribution in [0.1, 0.15) is 52.4 Å². The van der Waals surface area contributed by atoms with Crippen LogP contribution >= 0.6 is 0 Å². The lowest BCUT2D eigenvalue weighted by atomic mass is 9.80. The molecular weight excluding hydrogens is 254 g/mol. The number of amides is 2. The summed E-state index contributed by atoms with van der Waals surface area (Å²) in [5, 5.41) is 14.8. The highest BCUT2D eigenvalue weighted by Crippen LogP contribution is 2.34. The number of rotatable bonds is 4. The second kappa shape index (κ2) is 6.74. The van der Waals surface area contributed by atoms with Crippen molar-refractivity contribution < 1.29 is 9.59 Å². The van der Waals surface area contributed by atoms with Crippen LogP contribution in [0.5, 0.6) is 0 Å². The Morgan fingerprint density at radius 2 is 1.75 bits per heavy atom. The average molecular weight is 279 g/mol. The first-order valence-electron chi connectivity index (χ1n) is 7.30. The number of carbonyl (C=O) groups is 2. The van der Waals surface area contributed by atoms with Crippen LogP contribution in [0.25, 0.3) is 0 Å². The van der Waals surface area contributed by atoms with Crippen molar-refractivity contribution in [2.24, 2.45) is 10.8 Å². The Balaban J connectivity index is 2.69. The Kier molecular flexibility index (Phi) is 5.55. The lowest BCUT2D eigenvalue weighted by Crippen LogP contribution is -2.48. The highest BCUT2D eigenvalue weighted by atomic mass is 16.2. The summed E-state index contributed by atoms with van der Waals surface area (Å²) in [6.45, 7) is 3.80. The van der Waals surface area contributed by atoms with Gasteiger partial charge in [0.25, 0.3) is 0 Å². The van der Waals surface area contributed by atoms with Crippen molar-refractivity contribution in [3.05, 3.63) is 0 Å². The zero-order chi connectivity index (χ0) is 15.2. The van der Waals surface area contributed by atoms with E-state index in [1.165, 1.54) is 0 Å². The van der Waals surface area contributed by atoms with Crippen LogP contribution in [-0.2, 0) is 9.59 Å². The molecule has 20 heavy (non-hydrogen) atoms. The van der Waals surface area contributed by atoms with Gasteiger partial charge in [0.05, 0.1) is 11.5 Å². The van der Waals surface area contributed by atoms with Crippen LogP contribution < -0.4 is 10.6 Å². The van der Waals surface area contributed by atoms with E-state index < -0.39 is 10.8 Å². The Morgan fingerprint density at radius 1 is 1.20 bits per heavy atom. The van der Waals surface area contributed by atoms with Gasteiger partial charge in [0.15, 0.2) is 0 Å². The van der Waals surface area contributed by atoms with Crippen molar-refractivity contribution >= 4 is 11.8 Å². The van der Waals surface area contributed by atoms with Crippen LogP contribution in [-0.4, -0.2) is 25.4 Å². The number of hydrogen-bond donors (Lipinski definition) is 2. The molecule has 0 aromatic carbocycles. The van der Waals surface area contributed by atoms with E-state index in [1.54, 1.807) is 20.9 Å². The van der Waals surface area contributed by atoms with Gasteiger partial charge in [-0.2, -0.15) is 5.26 Å². The van der Waals surface area contributed by atoms with E-state index in [4.69, 9.17) is 0 Å². The molecule has 2 N–H and O–H groups in total. The first kappa shape index (κ1) is 16.5. The molecule has 5 heteroatoms. The third kappa shape index (κ3) is 3.72. The van der Waals surface area contributed by atoms with Crippen LogP contribution in [0.3, 0.4) is 0 Å². The van der Waals surface area contributed by atoms with Gasteiger partial charge in [-0.25, -0.2) is 0 Å². The summed E-state index contributed by atoms with van der Waals surface area (Å²) < 4.78 is 0. The van der Waals surface area contributed by atoms with Gasteiger partial charge in [0.2, 0.25) is 11.8 Å². The van der Waals surface area contributed by atoms with E-state index >= 15 is 0 Å². The molecule has 1 fully saturated rings. The van der Waals surface area contributed by atoms with Gasteiger partial charge in [0.1, 0.15) is 5.41 Å². The van der Waals surface area contributed by atoms with Crippen LogP contribution in [0.2, 0.25) is 0 Å². The van der Waals surface area contributed by atoms with Gasteiger partial charge < -0.3 is 10.6 Å². The molecule has 0 aromatic heterocycles. The smallest absolute Gasteiger partial charge is 0.240 e. The molecule has 0 bridgehead atoms. The molecule has 0 aliphatic heterocycles. The predicted octanol–water partition coefficient (Wildman–Crippen LogP) is 1.74. The molecule has 0 unspecified atom stereocenters. The third-order valence-electron chi connectivity index (χ3n) is 4.14. The molecule has 5 nitrogen and oxygen atoms in total. The number of nitriles is 1. The normalized spacial score (nSPS) is 18.5. The summed E-state index contributed by atoms with van der Waals surface area (Å²) in [6, 6.07) is 2.22. The molecule has 1 aliphatic rings. The molecule has 0 saturated heterocycles. The van der Waals surface area contributed by atoms with Gasteiger partial charge >= 0.3 is 0 Å². The van der Waals surface area contributed by atoms with E-state index in [9.17, 15) is 14.9 Å². The van der Waals surface area contributed by atoms with E-state index in [0.717, 1.165) is 25.7 Å². The lowest BCUT2D eigenvalue weighted by molar-refractivity contribution is -0.131. The van der Waals surface area contributed by atoms with E-state index in [2.05, 4.69) is 16.7 Å². The van der Waals surface area contributed by atoms with Crippen LogP contribution in [0.15, 0.2) is 0 Å². The molecule has 1 aliphatic carbocycles. The molecule has 0 spiro atoms. The molecule has 112 valence electrons. The van der Waals surface area contributed by atoms with Crippen LogP contribution in [0, 0.1) is 22.2 Å². The lowest BCUT2D eigenvalue weighted by Gasteiger charge is -2.27. The number of nitrogens with zero attached hydrogens (tertiary/aromatic N) is 1. The van der Waals surface area contributed by atoms with Gasteiger partial charge in [-0.05, 0) is 26.7 Å². The molecule has 1 saturated carbocycles. The van der Waals surface area contributed by atoms with Crippen LogP contribution in [0.4, 0.5) is 0 Å². The second-order valence-corrected chi connectivity index (χ2v) is 6.25. The maximum Gasteiger partial charge on any atom is 0.240 e. The molecule has 0 radical (unpaired) electrons. The van der Waals surface area contributed by atoms with Gasteiger partial charge in [0, 0.05) is 13.6 Å². The maximum absolute atomic E-state index is 12.4. The minimum Gasteiger partial charge on any atom is -0.359 e. The minimum atomic E-state index is -0.907. The average Bonchev–Trinajstić information content (AvgIpc) is 2.70. The summed E-state index contributed by atoms with van der Waals surface area (Å²) in [5.41, 5.74) is -1.58. The first-order chi connectivity index (χ1) is 9.38. The van der Waals surface area contributed by atoms with Crippen molar-refractivity contribution in [1.29, 1.82) is 5.26 Å². The van der Waals surface area contributed by atoms with E-state index in [0.29, 0.717) is 12.8 Å². The Bertz CT molecular complexity index is 402. The number of hydrogen-bond acceptors (Lipinski definition) is 3. The minimum absolute atomic E-state index is 0.121. The number of nitrogens with one attached hydrogen (secondary N) is 2. The monoisotopic (exact) mass is 279 g/mol. The highest BCUT2D eigenvalue weighted by Gasteiger charge is 2.39. The second-order valence-electron chi connectivity index (χ2n) is 6.25. The SMILES string of the molecule is CNC(=O)C(C)(C)CNC(=O)C1(C#N)CCCCCC1. The molecule has 1 rings (SSSR count). The molecule has 0 heterocycles. The summed E-state index contributed by atoms with van der Waals surface area (Å²) in [6.07, 6.45) is 5.24. The predicted molar refractivity (Wildman–Crippen MR) is 76.6 cm³/mol. The zero-order valence-electron chi connectivity index (χ0n) is 12.7. The highest BCUT2D eigenvalue weighted by molar-refractivity contribution is 5.87. The first-order valence-corrected chi connectivity index (χ1v) is 7.30. The fourth-order valence-electron chi connectivity index (χ4n) is 2.61. The largest absolute Gasteiger partial charge is 0.359 e. The molecular formula is C15H25N3O2. The van der Waals surface area contributed by atoms with Gasteiger partial charge in [-0.1, -0.05) is 25.7 Å². The van der Waals surface area contributed by atoms with Crippen molar-refractivity contribution in [2.75, 3.05) is 13.6 Å². The third-order valence-corrected chi connectivity index (χ3v) is 4.14. The van der Waals surface area contributed by atoms with Crippen molar-refractivity contribution in [3.8, 4) is 6.07 Å². The Morgan fingerprint density at radius 3 is 2.20 bits per heavy atom. The van der Waals surface area contributed by atoms with Crippen molar-refractivity contribution in [3.63, 3.8) is 0 Å². The Labute approximate surface area is 121 Å². The fraction of sp³-hybridized carbons (Fsp3) is 0.800. The van der Waals surface area contributed by atoms with Gasteiger partial charge in [-0.3, -0.25) is 9.59 Å². The van der Waals surface area contributed by atoms with Gasteiger partial charge in [-0.15, -0.1) is 0 Å². The molecule has 2 amide bonds. The number of carbonyl (C=O) groups excluding carboxylic acids is 2. The summed E-state index contributed by atoms with van der Waals surface area (Å²) >= 11 is 0. The molecule has 0 aromatic rings. The summed E-state index contributed by atoms with van der Waals surface area (Å²) in [7, 11) is 1.58. The Hall–Kier alpha value is -1.57. The summed E-state index contributed by atoms with van der Waals surface area (Å²) in [4.78, 5) is 24.1. The standard InChI is InChI=1S/C15H25N3O2/c1-14(2,12(19)17-3)11-18-13(20)15(10-16)8-6-4-5-7-9-15/h4-9,11H2,1-3H3,(H,17,19)(H,18,20). The zero-order valence-corrected chi connectivity index (χ0v) is 12.7. The van der Waals surface area contributed by atoms with E-state index in [-0.39, 0.29) is 18.4 Å². The summed E-state index contributed by atoms with van der Waals surface area (Å²) in [5.74, 6) is -0.344. The van der Waals surface area contributed by atoms with Crippen molar-refractivity contribution in [1.82, 2.24) is 10.6 Å². The molecule has 0 atom stereocenters. The topological polar surface area (TPSA) is 82.0 Å². The van der Waals surface area contributed by atoms with Crippen molar-refractivity contribution in [2.45, 2.75) is 52.4 Å². The maximum atomic E-state index is 12.4.